The number of para-hydroxylation sites is 1. The molecule has 0 N–H and O–H groups in total. The predicted octanol–water partition coefficient (Wildman–Crippen LogP) is 2.24. The molecule has 0 spiro atoms. The quantitative estimate of drug-likeness (QED) is 0.666. The molecule has 1 aromatic rings. The van der Waals surface area contributed by atoms with Gasteiger partial charge < -0.3 is 4.90 Å². The van der Waals surface area contributed by atoms with Gasteiger partial charge in [0.25, 0.3) is 0 Å². The van der Waals surface area contributed by atoms with Crippen LogP contribution in [0.2, 0.25) is 0 Å². The Morgan fingerprint density at radius 2 is 1.81 bits per heavy atom. The first-order valence-electron chi connectivity index (χ1n) is 5.17. The van der Waals surface area contributed by atoms with Gasteiger partial charge in [0.2, 0.25) is 0 Å². The third-order valence-electron chi connectivity index (χ3n) is 2.76. The normalized spacial score (nSPS) is 14.4. The lowest BCUT2D eigenvalue weighted by atomic mass is 10.1. The molecule has 0 amide bonds. The lowest BCUT2D eigenvalue weighted by Crippen LogP contribution is -2.17. The second-order valence-corrected chi connectivity index (χ2v) is 3.71. The second-order valence-electron chi connectivity index (χ2n) is 3.71. The summed E-state index contributed by atoms with van der Waals surface area (Å²) in [6, 6.07) is 14.0. The molecule has 0 aromatic heterocycles. The first-order valence-corrected chi connectivity index (χ1v) is 5.17. The van der Waals surface area contributed by atoms with Crippen LogP contribution in [0.5, 0.6) is 0 Å². The molecule has 1 aliphatic rings. The monoisotopic (exact) mass is 209 g/mol. The molecule has 1 saturated heterocycles. The van der Waals surface area contributed by atoms with Crippen LogP contribution in [-0.4, -0.2) is 13.1 Å². The van der Waals surface area contributed by atoms with Crippen molar-refractivity contribution in [1.29, 1.82) is 10.5 Å². The Hall–Kier alpha value is -2.26. The van der Waals surface area contributed by atoms with Gasteiger partial charge in [-0.3, -0.25) is 0 Å². The molecule has 0 saturated carbocycles. The molecule has 0 bridgehead atoms. The van der Waals surface area contributed by atoms with E-state index in [-0.39, 0.29) is 5.57 Å². The van der Waals surface area contributed by atoms with Crippen molar-refractivity contribution in [2.24, 2.45) is 0 Å². The molecule has 3 heteroatoms. The molecule has 0 aliphatic carbocycles. The largest absolute Gasteiger partial charge is 0.367 e. The van der Waals surface area contributed by atoms with E-state index in [1.807, 2.05) is 42.5 Å². The number of rotatable bonds is 1. The fraction of sp³-hybridized carbons (Fsp3) is 0.231. The highest BCUT2D eigenvalue weighted by molar-refractivity contribution is 5.52. The van der Waals surface area contributed by atoms with Crippen LogP contribution in [-0.2, 0) is 0 Å². The number of nitrogens with zero attached hydrogens (tertiary/aromatic N) is 3. The fourth-order valence-electron chi connectivity index (χ4n) is 1.90. The Balaban J connectivity index is 2.20. The van der Waals surface area contributed by atoms with E-state index in [1.54, 1.807) is 0 Å². The maximum atomic E-state index is 8.79. The summed E-state index contributed by atoms with van der Waals surface area (Å²) in [6.07, 6.45) is 0.811. The summed E-state index contributed by atoms with van der Waals surface area (Å²) in [4.78, 5) is 2.18. The molecular weight excluding hydrogens is 198 g/mol. The maximum absolute atomic E-state index is 8.79. The molecule has 1 aliphatic heterocycles. The van der Waals surface area contributed by atoms with Crippen LogP contribution >= 0.6 is 0 Å². The summed E-state index contributed by atoms with van der Waals surface area (Å²) < 4.78 is 0. The van der Waals surface area contributed by atoms with Gasteiger partial charge in [0, 0.05) is 18.8 Å². The van der Waals surface area contributed by atoms with Crippen molar-refractivity contribution in [3.63, 3.8) is 0 Å². The van der Waals surface area contributed by atoms with E-state index in [4.69, 9.17) is 10.5 Å². The summed E-state index contributed by atoms with van der Waals surface area (Å²) in [5.41, 5.74) is 2.38. The van der Waals surface area contributed by atoms with Crippen molar-refractivity contribution < 1.29 is 0 Å². The van der Waals surface area contributed by atoms with Crippen molar-refractivity contribution >= 4 is 5.69 Å². The van der Waals surface area contributed by atoms with Crippen LogP contribution in [0, 0.1) is 22.7 Å². The first-order chi connectivity index (χ1) is 7.85. The third-order valence-corrected chi connectivity index (χ3v) is 2.76. The average molecular weight is 209 g/mol. The summed E-state index contributed by atoms with van der Waals surface area (Å²) in [5.74, 6) is 0. The van der Waals surface area contributed by atoms with Crippen LogP contribution < -0.4 is 4.90 Å². The van der Waals surface area contributed by atoms with E-state index in [1.165, 1.54) is 0 Å². The minimum Gasteiger partial charge on any atom is -0.367 e. The Morgan fingerprint density at radius 3 is 2.44 bits per heavy atom. The van der Waals surface area contributed by atoms with Gasteiger partial charge in [-0.25, -0.2) is 0 Å². The van der Waals surface area contributed by atoms with Crippen molar-refractivity contribution in [3.8, 4) is 12.1 Å². The molecule has 1 fully saturated rings. The number of nitriles is 2. The highest BCUT2D eigenvalue weighted by atomic mass is 15.1. The number of hydrogen-bond donors (Lipinski definition) is 0. The smallest absolute Gasteiger partial charge is 0.130 e. The summed E-state index contributed by atoms with van der Waals surface area (Å²) >= 11 is 0. The van der Waals surface area contributed by atoms with Crippen molar-refractivity contribution in [2.75, 3.05) is 18.0 Å². The van der Waals surface area contributed by atoms with Gasteiger partial charge in [-0.15, -0.1) is 0 Å². The molecule has 2 rings (SSSR count). The molecule has 3 nitrogen and oxygen atoms in total. The van der Waals surface area contributed by atoms with Gasteiger partial charge in [-0.2, -0.15) is 10.5 Å². The van der Waals surface area contributed by atoms with Crippen LogP contribution in [0.25, 0.3) is 0 Å². The number of benzene rings is 1. The molecular formula is C13H11N3. The van der Waals surface area contributed by atoms with E-state index >= 15 is 0 Å². The first kappa shape index (κ1) is 10.3. The van der Waals surface area contributed by atoms with Crippen LogP contribution in [0.4, 0.5) is 5.69 Å². The topological polar surface area (TPSA) is 50.8 Å². The molecule has 78 valence electrons. The molecule has 1 heterocycles. The highest BCUT2D eigenvalue weighted by Crippen LogP contribution is 2.24. The maximum Gasteiger partial charge on any atom is 0.130 e. The van der Waals surface area contributed by atoms with Gasteiger partial charge in [0.15, 0.2) is 0 Å². The van der Waals surface area contributed by atoms with E-state index in [0.717, 1.165) is 24.2 Å². The van der Waals surface area contributed by atoms with E-state index in [2.05, 4.69) is 4.90 Å². The summed E-state index contributed by atoms with van der Waals surface area (Å²) in [7, 11) is 0. The van der Waals surface area contributed by atoms with Gasteiger partial charge in [-0.1, -0.05) is 18.2 Å². The van der Waals surface area contributed by atoms with E-state index < -0.39 is 0 Å². The van der Waals surface area contributed by atoms with Crippen LogP contribution in [0.1, 0.15) is 6.42 Å². The third kappa shape index (κ3) is 1.89. The second kappa shape index (κ2) is 4.51. The average Bonchev–Trinajstić information content (AvgIpc) is 2.81. The van der Waals surface area contributed by atoms with Gasteiger partial charge in [0.05, 0.1) is 0 Å². The van der Waals surface area contributed by atoms with Crippen LogP contribution in [0.3, 0.4) is 0 Å². The number of allylic oxidation sites excluding steroid dienone is 1. The minimum atomic E-state index is 0.276. The molecule has 16 heavy (non-hydrogen) atoms. The standard InChI is InChI=1S/C13H11N3/c14-8-12(9-15)11-6-7-16(10-11)13-4-2-1-3-5-13/h1-5H,6-7,10H2. The zero-order valence-electron chi connectivity index (χ0n) is 8.85. The fourth-order valence-corrected chi connectivity index (χ4v) is 1.90. The van der Waals surface area contributed by atoms with Crippen molar-refractivity contribution in [2.45, 2.75) is 6.42 Å². The zero-order chi connectivity index (χ0) is 11.4. The van der Waals surface area contributed by atoms with Crippen molar-refractivity contribution in [1.82, 2.24) is 0 Å². The summed E-state index contributed by atoms with van der Waals surface area (Å²) in [5, 5.41) is 17.6. The Bertz CT molecular complexity index is 472. The molecule has 1 aromatic carbocycles. The van der Waals surface area contributed by atoms with Crippen LogP contribution in [0.15, 0.2) is 41.5 Å². The number of anilines is 1. The van der Waals surface area contributed by atoms with Gasteiger partial charge in [0.1, 0.15) is 17.7 Å². The van der Waals surface area contributed by atoms with Crippen molar-refractivity contribution in [3.05, 3.63) is 41.5 Å². The van der Waals surface area contributed by atoms with E-state index in [0.29, 0.717) is 6.54 Å². The minimum absolute atomic E-state index is 0.276. The highest BCUT2D eigenvalue weighted by Gasteiger charge is 2.19. The van der Waals surface area contributed by atoms with Gasteiger partial charge in [-0.05, 0) is 24.1 Å². The zero-order valence-corrected chi connectivity index (χ0v) is 8.85. The number of hydrogen-bond acceptors (Lipinski definition) is 3. The Labute approximate surface area is 94.8 Å². The lowest BCUT2D eigenvalue weighted by molar-refractivity contribution is 0.968. The Kier molecular flexibility index (Phi) is 2.89. The van der Waals surface area contributed by atoms with E-state index in [9.17, 15) is 0 Å². The lowest BCUT2D eigenvalue weighted by Gasteiger charge is -2.16. The molecule has 0 radical (unpaired) electrons. The SMILES string of the molecule is N#CC(C#N)=C1CCN(c2ccccc2)C1. The predicted molar refractivity (Wildman–Crippen MR) is 61.5 cm³/mol. The molecule has 0 atom stereocenters. The summed E-state index contributed by atoms with van der Waals surface area (Å²) in [6.45, 7) is 1.58. The van der Waals surface area contributed by atoms with Gasteiger partial charge >= 0.3 is 0 Å². The Morgan fingerprint density at radius 1 is 1.12 bits per heavy atom. The molecule has 0 unspecified atom stereocenters.